The smallest absolute Gasteiger partial charge is 0.241 e. The van der Waals surface area contributed by atoms with Crippen molar-refractivity contribution >= 4 is 11.6 Å². The fraction of sp³-hybridized carbons (Fsp3) is 0.167. The highest BCUT2D eigenvalue weighted by atomic mass is 35.5. The van der Waals surface area contributed by atoms with Crippen molar-refractivity contribution in [3.8, 4) is 0 Å². The summed E-state index contributed by atoms with van der Waals surface area (Å²) in [6, 6.07) is 3.79. The SMILES string of the molecule is Fc1cc(Cc2cc(Cl)ncn2)cc(C(F)(F)F)c1. The standard InChI is InChI=1S/C12H7ClF4N2/c13-11-5-10(18-6-19-11)3-7-1-8(12(15,16)17)4-9(14)2-7/h1-2,4-6H,3H2. The molecule has 7 heteroatoms. The Hall–Kier alpha value is -1.69. The summed E-state index contributed by atoms with van der Waals surface area (Å²) in [4.78, 5) is 7.51. The number of alkyl halides is 3. The first-order valence-electron chi connectivity index (χ1n) is 5.18. The Balaban J connectivity index is 2.33. The van der Waals surface area contributed by atoms with Gasteiger partial charge in [-0.25, -0.2) is 14.4 Å². The molecule has 0 amide bonds. The molecule has 0 spiro atoms. The maximum Gasteiger partial charge on any atom is 0.416 e. The zero-order chi connectivity index (χ0) is 14.0. The van der Waals surface area contributed by atoms with Crippen LogP contribution in [-0.4, -0.2) is 9.97 Å². The molecule has 0 radical (unpaired) electrons. The lowest BCUT2D eigenvalue weighted by Crippen LogP contribution is -2.06. The van der Waals surface area contributed by atoms with E-state index in [1.807, 2.05) is 0 Å². The summed E-state index contributed by atoms with van der Waals surface area (Å²) in [6.07, 6.45) is -3.34. The maximum absolute atomic E-state index is 13.2. The molecule has 0 atom stereocenters. The summed E-state index contributed by atoms with van der Waals surface area (Å²) in [5.74, 6) is -0.940. The lowest BCUT2D eigenvalue weighted by molar-refractivity contribution is -0.137. The first-order valence-corrected chi connectivity index (χ1v) is 5.55. The van der Waals surface area contributed by atoms with Crippen LogP contribution in [0.5, 0.6) is 0 Å². The predicted molar refractivity (Wildman–Crippen MR) is 61.3 cm³/mol. The Kier molecular flexibility index (Phi) is 3.71. The van der Waals surface area contributed by atoms with Crippen molar-refractivity contribution in [2.45, 2.75) is 12.6 Å². The van der Waals surface area contributed by atoms with Crippen LogP contribution in [0.25, 0.3) is 0 Å². The van der Waals surface area contributed by atoms with Crippen molar-refractivity contribution in [1.82, 2.24) is 9.97 Å². The van der Waals surface area contributed by atoms with E-state index in [0.717, 1.165) is 12.1 Å². The molecular weight excluding hydrogens is 284 g/mol. The summed E-state index contributed by atoms with van der Waals surface area (Å²) in [5, 5.41) is 0.178. The van der Waals surface area contributed by atoms with Crippen LogP contribution in [0.15, 0.2) is 30.6 Å². The van der Waals surface area contributed by atoms with Crippen molar-refractivity contribution in [3.05, 3.63) is 58.4 Å². The number of hydrogen-bond acceptors (Lipinski definition) is 2. The van der Waals surface area contributed by atoms with Crippen molar-refractivity contribution in [2.75, 3.05) is 0 Å². The zero-order valence-corrected chi connectivity index (χ0v) is 10.1. The third-order valence-electron chi connectivity index (χ3n) is 2.36. The fourth-order valence-corrected chi connectivity index (χ4v) is 1.76. The number of halogens is 5. The van der Waals surface area contributed by atoms with Gasteiger partial charge in [-0.2, -0.15) is 13.2 Å². The van der Waals surface area contributed by atoms with Gasteiger partial charge in [0.1, 0.15) is 17.3 Å². The van der Waals surface area contributed by atoms with Gasteiger partial charge in [-0.15, -0.1) is 0 Å². The first-order chi connectivity index (χ1) is 8.84. The van der Waals surface area contributed by atoms with Gasteiger partial charge in [-0.1, -0.05) is 11.6 Å². The molecule has 0 saturated carbocycles. The number of benzene rings is 1. The van der Waals surface area contributed by atoms with Crippen molar-refractivity contribution in [1.29, 1.82) is 0 Å². The zero-order valence-electron chi connectivity index (χ0n) is 9.38. The second kappa shape index (κ2) is 5.13. The Morgan fingerprint density at radius 3 is 2.42 bits per heavy atom. The maximum atomic E-state index is 13.2. The van der Waals surface area contributed by atoms with Gasteiger partial charge in [0, 0.05) is 12.1 Å². The monoisotopic (exact) mass is 290 g/mol. The average molecular weight is 291 g/mol. The minimum absolute atomic E-state index is 0.0447. The normalized spacial score (nSPS) is 11.6. The van der Waals surface area contributed by atoms with Gasteiger partial charge < -0.3 is 0 Å². The van der Waals surface area contributed by atoms with E-state index in [1.165, 1.54) is 12.4 Å². The highest BCUT2D eigenvalue weighted by Crippen LogP contribution is 2.30. The van der Waals surface area contributed by atoms with Crippen LogP contribution in [0.1, 0.15) is 16.8 Å². The van der Waals surface area contributed by atoms with Crippen LogP contribution >= 0.6 is 11.6 Å². The summed E-state index contributed by atoms with van der Waals surface area (Å²) in [6.45, 7) is 0. The summed E-state index contributed by atoms with van der Waals surface area (Å²) < 4.78 is 50.8. The highest BCUT2D eigenvalue weighted by molar-refractivity contribution is 6.29. The quantitative estimate of drug-likeness (QED) is 0.619. The molecule has 100 valence electrons. The van der Waals surface area contributed by atoms with Gasteiger partial charge in [0.2, 0.25) is 0 Å². The first kappa shape index (κ1) is 13.7. The molecule has 2 nitrogen and oxygen atoms in total. The molecule has 0 aliphatic heterocycles. The predicted octanol–water partition coefficient (Wildman–Crippen LogP) is 3.88. The topological polar surface area (TPSA) is 25.8 Å². The van der Waals surface area contributed by atoms with E-state index in [-0.39, 0.29) is 17.1 Å². The molecule has 1 heterocycles. The third-order valence-corrected chi connectivity index (χ3v) is 2.57. The fourth-order valence-electron chi connectivity index (χ4n) is 1.59. The van der Waals surface area contributed by atoms with Crippen LogP contribution in [-0.2, 0) is 12.6 Å². The van der Waals surface area contributed by atoms with Crippen LogP contribution in [0.2, 0.25) is 5.15 Å². The molecule has 19 heavy (non-hydrogen) atoms. The van der Waals surface area contributed by atoms with Crippen LogP contribution < -0.4 is 0 Å². The molecule has 0 fully saturated rings. The van der Waals surface area contributed by atoms with E-state index in [9.17, 15) is 17.6 Å². The number of rotatable bonds is 2. The summed E-state index contributed by atoms with van der Waals surface area (Å²) >= 11 is 5.64. The molecule has 1 aromatic carbocycles. The lowest BCUT2D eigenvalue weighted by Gasteiger charge is -2.09. The Morgan fingerprint density at radius 2 is 1.79 bits per heavy atom. The summed E-state index contributed by atoms with van der Waals surface area (Å²) in [7, 11) is 0. The minimum atomic E-state index is -4.58. The van der Waals surface area contributed by atoms with E-state index in [0.29, 0.717) is 11.8 Å². The molecule has 0 aliphatic carbocycles. The van der Waals surface area contributed by atoms with E-state index in [2.05, 4.69) is 9.97 Å². The second-order valence-electron chi connectivity index (χ2n) is 3.85. The van der Waals surface area contributed by atoms with Gasteiger partial charge in [0.15, 0.2) is 0 Å². The molecule has 2 rings (SSSR count). The average Bonchev–Trinajstić information content (AvgIpc) is 2.26. The number of nitrogens with zero attached hydrogens (tertiary/aromatic N) is 2. The molecule has 0 N–H and O–H groups in total. The van der Waals surface area contributed by atoms with E-state index >= 15 is 0 Å². The Morgan fingerprint density at radius 1 is 1.05 bits per heavy atom. The molecule has 2 aromatic rings. The molecule has 0 bridgehead atoms. The van der Waals surface area contributed by atoms with Crippen molar-refractivity contribution in [2.24, 2.45) is 0 Å². The Bertz CT molecular complexity index is 599. The summed E-state index contributed by atoms with van der Waals surface area (Å²) in [5.41, 5.74) is -0.441. The van der Waals surface area contributed by atoms with Gasteiger partial charge >= 0.3 is 6.18 Å². The number of aromatic nitrogens is 2. The molecule has 0 unspecified atom stereocenters. The van der Waals surface area contributed by atoms with Crippen LogP contribution in [0, 0.1) is 5.82 Å². The van der Waals surface area contributed by atoms with Crippen LogP contribution in [0.3, 0.4) is 0 Å². The van der Waals surface area contributed by atoms with Crippen molar-refractivity contribution in [3.63, 3.8) is 0 Å². The van der Waals surface area contributed by atoms with E-state index < -0.39 is 17.6 Å². The van der Waals surface area contributed by atoms with Gasteiger partial charge in [-0.05, 0) is 29.8 Å². The molecule has 1 aromatic heterocycles. The van der Waals surface area contributed by atoms with Gasteiger partial charge in [-0.3, -0.25) is 0 Å². The Labute approximate surface area is 111 Å². The van der Waals surface area contributed by atoms with Crippen molar-refractivity contribution < 1.29 is 17.6 Å². The largest absolute Gasteiger partial charge is 0.416 e. The molecule has 0 saturated heterocycles. The van der Waals surface area contributed by atoms with E-state index in [1.54, 1.807) is 0 Å². The third kappa shape index (κ3) is 3.64. The molecular formula is C12H7ClF4N2. The number of hydrogen-bond donors (Lipinski definition) is 0. The van der Waals surface area contributed by atoms with E-state index in [4.69, 9.17) is 11.6 Å². The lowest BCUT2D eigenvalue weighted by atomic mass is 10.1. The highest BCUT2D eigenvalue weighted by Gasteiger charge is 2.31. The van der Waals surface area contributed by atoms with Crippen LogP contribution in [0.4, 0.5) is 17.6 Å². The molecule has 0 aliphatic rings. The van der Waals surface area contributed by atoms with Gasteiger partial charge in [0.05, 0.1) is 5.56 Å². The minimum Gasteiger partial charge on any atom is -0.241 e. The second-order valence-corrected chi connectivity index (χ2v) is 4.24. The van der Waals surface area contributed by atoms with Gasteiger partial charge in [0.25, 0.3) is 0 Å².